The third-order valence-electron chi connectivity index (χ3n) is 1.89. The molecule has 0 unspecified atom stereocenters. The van der Waals surface area contributed by atoms with Gasteiger partial charge in [-0.25, -0.2) is 0 Å². The molecule has 1 aromatic rings. The van der Waals surface area contributed by atoms with Crippen LogP contribution in [0.4, 0.5) is 13.2 Å². The van der Waals surface area contributed by atoms with Gasteiger partial charge in [0.25, 0.3) is 5.69 Å². The molecule has 78 valence electrons. The van der Waals surface area contributed by atoms with Crippen molar-refractivity contribution in [3.8, 4) is 0 Å². The Morgan fingerprint density at radius 2 is 1.86 bits per heavy atom. The van der Waals surface area contributed by atoms with Crippen molar-refractivity contribution in [1.82, 2.24) is 0 Å². The highest BCUT2D eigenvalue weighted by molar-refractivity contribution is 5.14. The van der Waals surface area contributed by atoms with Crippen LogP contribution in [0.25, 0.3) is 0 Å². The minimum atomic E-state index is -4.59. The molecular formula is C9H10F3NO. The topological polar surface area (TPSA) is 26.9 Å². The van der Waals surface area contributed by atoms with Crippen LogP contribution in [0.3, 0.4) is 0 Å². The largest absolute Gasteiger partial charge is 0.618 e. The van der Waals surface area contributed by atoms with Crippen LogP contribution in [0, 0.1) is 5.21 Å². The smallest absolute Gasteiger partial charge is 0.478 e. The lowest BCUT2D eigenvalue weighted by atomic mass is 10.1. The van der Waals surface area contributed by atoms with Crippen LogP contribution in [0.2, 0.25) is 0 Å². The monoisotopic (exact) mass is 205 g/mol. The van der Waals surface area contributed by atoms with Crippen molar-refractivity contribution in [2.45, 2.75) is 25.9 Å². The summed E-state index contributed by atoms with van der Waals surface area (Å²) in [5, 5.41) is 11.0. The number of rotatable bonds is 1. The van der Waals surface area contributed by atoms with Gasteiger partial charge in [0.2, 0.25) is 0 Å². The predicted molar refractivity (Wildman–Crippen MR) is 44.5 cm³/mol. The fourth-order valence-corrected chi connectivity index (χ4v) is 1.06. The number of hydrogen-bond acceptors (Lipinski definition) is 1. The molecule has 0 aliphatic heterocycles. The molecule has 0 saturated heterocycles. The molecule has 0 fully saturated rings. The molecule has 0 saturated carbocycles. The molecule has 0 spiro atoms. The van der Waals surface area contributed by atoms with E-state index in [1.165, 1.54) is 6.07 Å². The second-order valence-electron chi connectivity index (χ2n) is 3.33. The van der Waals surface area contributed by atoms with Crippen LogP contribution in [-0.2, 0) is 6.18 Å². The van der Waals surface area contributed by atoms with E-state index in [1.807, 2.05) is 13.8 Å². The molecule has 0 aliphatic rings. The molecule has 0 aliphatic carbocycles. The zero-order chi connectivity index (χ0) is 10.9. The van der Waals surface area contributed by atoms with E-state index in [0.29, 0.717) is 5.56 Å². The Labute approximate surface area is 79.6 Å². The maximum absolute atomic E-state index is 12.2. The highest BCUT2D eigenvalue weighted by Gasteiger charge is 2.39. The maximum Gasteiger partial charge on any atom is 0.478 e. The Hall–Kier alpha value is -1.26. The van der Waals surface area contributed by atoms with Gasteiger partial charge in [0.15, 0.2) is 6.20 Å². The van der Waals surface area contributed by atoms with Crippen molar-refractivity contribution in [1.29, 1.82) is 0 Å². The standard InChI is InChI=1S/C9H10F3NO/c1-6(2)7-3-4-8(9(10,11)12)13(14)5-7/h3-6H,1-2H3. The summed E-state index contributed by atoms with van der Waals surface area (Å²) >= 11 is 0. The van der Waals surface area contributed by atoms with Crippen molar-refractivity contribution >= 4 is 0 Å². The fraction of sp³-hybridized carbons (Fsp3) is 0.444. The molecule has 1 aromatic heterocycles. The average Bonchev–Trinajstić information content (AvgIpc) is 2.01. The SMILES string of the molecule is CC(C)c1ccc(C(F)(F)F)[n+]([O-])c1. The Morgan fingerprint density at radius 1 is 1.29 bits per heavy atom. The number of alkyl halides is 3. The summed E-state index contributed by atoms with van der Waals surface area (Å²) in [6, 6.07) is 2.13. The molecule has 0 bridgehead atoms. The molecular weight excluding hydrogens is 195 g/mol. The first kappa shape index (κ1) is 10.8. The lowest BCUT2D eigenvalue weighted by Gasteiger charge is -2.10. The van der Waals surface area contributed by atoms with Crippen molar-refractivity contribution in [3.05, 3.63) is 34.8 Å². The van der Waals surface area contributed by atoms with Gasteiger partial charge in [0.05, 0.1) is 0 Å². The van der Waals surface area contributed by atoms with Crippen LogP contribution < -0.4 is 4.73 Å². The van der Waals surface area contributed by atoms with Gasteiger partial charge in [-0.05, 0) is 12.0 Å². The third kappa shape index (κ3) is 2.16. The number of halogens is 3. The Bertz CT molecular complexity index is 333. The Morgan fingerprint density at radius 3 is 2.21 bits per heavy atom. The first-order valence-corrected chi connectivity index (χ1v) is 4.12. The summed E-state index contributed by atoms with van der Waals surface area (Å²) < 4.78 is 36.4. The lowest BCUT2D eigenvalue weighted by Crippen LogP contribution is -2.36. The Kier molecular flexibility index (Phi) is 2.69. The van der Waals surface area contributed by atoms with Crippen molar-refractivity contribution < 1.29 is 17.9 Å². The van der Waals surface area contributed by atoms with E-state index < -0.39 is 11.9 Å². The van der Waals surface area contributed by atoms with Gasteiger partial charge in [0.1, 0.15) is 0 Å². The van der Waals surface area contributed by atoms with E-state index in [9.17, 15) is 18.4 Å². The van der Waals surface area contributed by atoms with Crippen LogP contribution in [0.1, 0.15) is 31.0 Å². The highest BCUT2D eigenvalue weighted by atomic mass is 19.4. The molecule has 1 rings (SSSR count). The summed E-state index contributed by atoms with van der Waals surface area (Å²) in [4.78, 5) is 0. The molecule has 14 heavy (non-hydrogen) atoms. The van der Waals surface area contributed by atoms with Gasteiger partial charge in [0, 0.05) is 11.6 Å². The van der Waals surface area contributed by atoms with Crippen molar-refractivity contribution in [2.75, 3.05) is 0 Å². The quantitative estimate of drug-likeness (QED) is 0.511. The van der Waals surface area contributed by atoms with E-state index in [4.69, 9.17) is 0 Å². The average molecular weight is 205 g/mol. The zero-order valence-electron chi connectivity index (χ0n) is 7.80. The zero-order valence-corrected chi connectivity index (χ0v) is 7.80. The minimum absolute atomic E-state index is 0.0393. The Balaban J connectivity index is 3.15. The lowest BCUT2D eigenvalue weighted by molar-refractivity contribution is -0.629. The van der Waals surface area contributed by atoms with E-state index in [2.05, 4.69) is 0 Å². The minimum Gasteiger partial charge on any atom is -0.618 e. The van der Waals surface area contributed by atoms with Gasteiger partial charge in [-0.2, -0.15) is 17.9 Å². The normalized spacial score (nSPS) is 12.1. The molecule has 0 atom stereocenters. The summed E-state index contributed by atoms with van der Waals surface area (Å²) in [6.07, 6.45) is -3.62. The number of pyridine rings is 1. The molecule has 0 aromatic carbocycles. The predicted octanol–water partition coefficient (Wildman–Crippen LogP) is 2.46. The van der Waals surface area contributed by atoms with Gasteiger partial charge >= 0.3 is 6.18 Å². The number of nitrogens with zero attached hydrogens (tertiary/aromatic N) is 1. The van der Waals surface area contributed by atoms with Crippen molar-refractivity contribution in [2.24, 2.45) is 0 Å². The molecule has 0 amide bonds. The second kappa shape index (κ2) is 3.48. The fourth-order valence-electron chi connectivity index (χ4n) is 1.06. The summed E-state index contributed by atoms with van der Waals surface area (Å²) in [5.74, 6) is 0.0393. The number of aromatic nitrogens is 1. The van der Waals surface area contributed by atoms with E-state index in [0.717, 1.165) is 12.3 Å². The van der Waals surface area contributed by atoms with Crippen LogP contribution in [-0.4, -0.2) is 0 Å². The van der Waals surface area contributed by atoms with Gasteiger partial charge < -0.3 is 5.21 Å². The summed E-state index contributed by atoms with van der Waals surface area (Å²) in [7, 11) is 0. The summed E-state index contributed by atoms with van der Waals surface area (Å²) in [5.41, 5.74) is -0.588. The molecule has 1 heterocycles. The van der Waals surface area contributed by atoms with E-state index in [1.54, 1.807) is 0 Å². The molecule has 0 radical (unpaired) electrons. The number of hydrogen-bond donors (Lipinski definition) is 0. The first-order chi connectivity index (χ1) is 6.32. The molecule has 5 heteroatoms. The summed E-state index contributed by atoms with van der Waals surface area (Å²) in [6.45, 7) is 3.62. The van der Waals surface area contributed by atoms with Crippen LogP contribution in [0.5, 0.6) is 0 Å². The maximum atomic E-state index is 12.2. The first-order valence-electron chi connectivity index (χ1n) is 4.12. The van der Waals surface area contributed by atoms with E-state index in [-0.39, 0.29) is 10.6 Å². The van der Waals surface area contributed by atoms with Crippen LogP contribution in [0.15, 0.2) is 18.3 Å². The molecule has 2 nitrogen and oxygen atoms in total. The second-order valence-corrected chi connectivity index (χ2v) is 3.33. The van der Waals surface area contributed by atoms with Gasteiger partial charge in [-0.15, -0.1) is 0 Å². The highest BCUT2D eigenvalue weighted by Crippen LogP contribution is 2.26. The van der Waals surface area contributed by atoms with Crippen LogP contribution >= 0.6 is 0 Å². The van der Waals surface area contributed by atoms with E-state index >= 15 is 0 Å². The van der Waals surface area contributed by atoms with Crippen molar-refractivity contribution in [3.63, 3.8) is 0 Å². The third-order valence-corrected chi connectivity index (χ3v) is 1.89. The van der Waals surface area contributed by atoms with Gasteiger partial charge in [-0.3, -0.25) is 0 Å². The molecule has 0 N–H and O–H groups in total. The van der Waals surface area contributed by atoms with Gasteiger partial charge in [-0.1, -0.05) is 13.8 Å².